The molecule has 0 bridgehead atoms. The maximum Gasteiger partial charge on any atom is 0.243 e. The Morgan fingerprint density at radius 3 is 2.43 bits per heavy atom. The second kappa shape index (κ2) is 10.5. The number of nitrogens with zero attached hydrogens (tertiary/aromatic N) is 3. The first kappa shape index (κ1) is 19.7. The minimum atomic E-state index is 0.0125. The summed E-state index contributed by atoms with van der Waals surface area (Å²) in [6.07, 6.45) is 2.44. The van der Waals surface area contributed by atoms with E-state index in [1.165, 1.54) is 19.5 Å². The lowest BCUT2D eigenvalue weighted by atomic mass is 9.92. The van der Waals surface area contributed by atoms with Gasteiger partial charge in [0.2, 0.25) is 5.91 Å². The largest absolute Gasteiger partial charge is 0.357 e. The first-order chi connectivity index (χ1) is 10.9. The van der Waals surface area contributed by atoms with Crippen molar-refractivity contribution in [2.45, 2.75) is 33.6 Å². The van der Waals surface area contributed by atoms with Gasteiger partial charge in [0.05, 0.1) is 0 Å². The van der Waals surface area contributed by atoms with Crippen LogP contribution in [-0.2, 0) is 4.79 Å². The highest BCUT2D eigenvalue weighted by atomic mass is 16.2. The Hall–Kier alpha value is -1.30. The molecule has 0 aromatic carbocycles. The molecule has 2 N–H and O–H groups in total. The van der Waals surface area contributed by atoms with Gasteiger partial charge in [-0.1, -0.05) is 13.8 Å². The topological polar surface area (TPSA) is 60.0 Å². The van der Waals surface area contributed by atoms with Gasteiger partial charge in [0, 0.05) is 40.3 Å². The number of piperidine rings is 1. The molecule has 0 saturated carbocycles. The van der Waals surface area contributed by atoms with E-state index in [0.29, 0.717) is 0 Å². The quantitative estimate of drug-likeness (QED) is 0.416. The highest BCUT2D eigenvalue weighted by Gasteiger charge is 2.20. The molecule has 1 aliphatic heterocycles. The van der Waals surface area contributed by atoms with Crippen molar-refractivity contribution < 1.29 is 4.79 Å². The Morgan fingerprint density at radius 2 is 1.87 bits per heavy atom. The number of carbonyl (C=O) groups is 1. The molecule has 0 radical (unpaired) electrons. The Balaban J connectivity index is 2.29. The standard InChI is InChI=1S/C17H35N5O/c1-6-18-17(20-11-16(23)21(4)5)19-8-7-9-22-12-14(2)10-15(3)13-22/h14-15H,6-13H2,1-5H3,(H2,18,19,20). The maximum absolute atomic E-state index is 11.6. The van der Waals surface area contributed by atoms with Crippen molar-refractivity contribution in [3.63, 3.8) is 0 Å². The Morgan fingerprint density at radius 1 is 1.22 bits per heavy atom. The summed E-state index contributed by atoms with van der Waals surface area (Å²) < 4.78 is 0. The zero-order valence-electron chi connectivity index (χ0n) is 15.6. The fourth-order valence-electron chi connectivity index (χ4n) is 3.11. The van der Waals surface area contributed by atoms with E-state index >= 15 is 0 Å². The number of carbonyl (C=O) groups excluding carboxylic acids is 1. The van der Waals surface area contributed by atoms with Crippen molar-refractivity contribution >= 4 is 11.9 Å². The van der Waals surface area contributed by atoms with E-state index in [4.69, 9.17) is 0 Å². The van der Waals surface area contributed by atoms with Crippen LogP contribution >= 0.6 is 0 Å². The molecule has 1 aliphatic rings. The third kappa shape index (κ3) is 8.21. The van der Waals surface area contributed by atoms with E-state index in [0.717, 1.165) is 43.9 Å². The van der Waals surface area contributed by atoms with Crippen LogP contribution in [0.25, 0.3) is 0 Å². The fourth-order valence-corrected chi connectivity index (χ4v) is 3.11. The van der Waals surface area contributed by atoms with Crippen molar-refractivity contribution in [2.24, 2.45) is 16.8 Å². The van der Waals surface area contributed by atoms with Crippen LogP contribution < -0.4 is 10.6 Å². The number of guanidine groups is 1. The van der Waals surface area contributed by atoms with Crippen LogP contribution in [0.15, 0.2) is 4.99 Å². The van der Waals surface area contributed by atoms with Crippen LogP contribution in [0.3, 0.4) is 0 Å². The summed E-state index contributed by atoms with van der Waals surface area (Å²) in [5, 5.41) is 6.50. The molecule has 0 spiro atoms. The van der Waals surface area contributed by atoms with E-state index < -0.39 is 0 Å². The van der Waals surface area contributed by atoms with Gasteiger partial charge in [0.15, 0.2) is 5.96 Å². The third-order valence-corrected chi connectivity index (χ3v) is 4.10. The minimum Gasteiger partial charge on any atom is -0.357 e. The summed E-state index contributed by atoms with van der Waals surface area (Å²) in [5.41, 5.74) is 0. The predicted octanol–water partition coefficient (Wildman–Crippen LogP) is 0.998. The van der Waals surface area contributed by atoms with Gasteiger partial charge in [-0.25, -0.2) is 4.99 Å². The van der Waals surface area contributed by atoms with Gasteiger partial charge in [-0.05, 0) is 38.1 Å². The molecule has 1 rings (SSSR count). The van der Waals surface area contributed by atoms with Crippen LogP contribution in [0.1, 0.15) is 33.6 Å². The monoisotopic (exact) mass is 325 g/mol. The number of likely N-dealkylation sites (N-methyl/N-ethyl adjacent to an activating group) is 1. The molecule has 1 heterocycles. The van der Waals surface area contributed by atoms with Gasteiger partial charge < -0.3 is 20.4 Å². The van der Waals surface area contributed by atoms with Crippen molar-refractivity contribution in [1.82, 2.24) is 20.4 Å². The van der Waals surface area contributed by atoms with Gasteiger partial charge in [0.25, 0.3) is 0 Å². The van der Waals surface area contributed by atoms with Crippen molar-refractivity contribution in [1.29, 1.82) is 0 Å². The summed E-state index contributed by atoms with van der Waals surface area (Å²) in [7, 11) is 3.50. The number of hydrogen-bond acceptors (Lipinski definition) is 3. The summed E-state index contributed by atoms with van der Waals surface area (Å²) in [6.45, 7) is 12.1. The lowest BCUT2D eigenvalue weighted by Crippen LogP contribution is -2.42. The normalized spacial score (nSPS) is 22.7. The van der Waals surface area contributed by atoms with Crippen LogP contribution in [0.2, 0.25) is 0 Å². The third-order valence-electron chi connectivity index (χ3n) is 4.10. The van der Waals surface area contributed by atoms with Crippen molar-refractivity contribution in [3.05, 3.63) is 0 Å². The lowest BCUT2D eigenvalue weighted by Gasteiger charge is -2.35. The van der Waals surface area contributed by atoms with Gasteiger partial charge in [0.1, 0.15) is 6.54 Å². The van der Waals surface area contributed by atoms with Gasteiger partial charge >= 0.3 is 0 Å². The highest BCUT2D eigenvalue weighted by Crippen LogP contribution is 2.20. The van der Waals surface area contributed by atoms with Gasteiger partial charge in [-0.15, -0.1) is 0 Å². The number of aliphatic imine (C=N–C) groups is 1. The fraction of sp³-hybridized carbons (Fsp3) is 0.882. The number of rotatable bonds is 7. The maximum atomic E-state index is 11.6. The average Bonchev–Trinajstić information content (AvgIpc) is 2.47. The summed E-state index contributed by atoms with van der Waals surface area (Å²) >= 11 is 0. The Bertz CT molecular complexity index is 373. The molecule has 134 valence electrons. The highest BCUT2D eigenvalue weighted by molar-refractivity contribution is 5.84. The van der Waals surface area contributed by atoms with E-state index in [-0.39, 0.29) is 12.5 Å². The van der Waals surface area contributed by atoms with Crippen LogP contribution in [0.4, 0.5) is 0 Å². The Kier molecular flexibility index (Phi) is 8.99. The second-order valence-corrected chi connectivity index (χ2v) is 6.97. The smallest absolute Gasteiger partial charge is 0.243 e. The second-order valence-electron chi connectivity index (χ2n) is 6.97. The SMILES string of the molecule is CCNC(=NCC(=O)N(C)C)NCCCN1CC(C)CC(C)C1. The van der Waals surface area contributed by atoms with Gasteiger partial charge in [-0.2, -0.15) is 0 Å². The molecule has 6 heteroatoms. The van der Waals surface area contributed by atoms with Crippen LogP contribution in [-0.4, -0.2) is 75.0 Å². The number of hydrogen-bond donors (Lipinski definition) is 2. The average molecular weight is 326 g/mol. The lowest BCUT2D eigenvalue weighted by molar-refractivity contribution is -0.127. The summed E-state index contributed by atoms with van der Waals surface area (Å²) in [5.74, 6) is 2.35. The molecule has 6 nitrogen and oxygen atoms in total. The minimum absolute atomic E-state index is 0.0125. The molecular weight excluding hydrogens is 290 g/mol. The molecule has 2 atom stereocenters. The number of likely N-dealkylation sites (tertiary alicyclic amines) is 1. The van der Waals surface area contributed by atoms with Crippen molar-refractivity contribution in [3.8, 4) is 0 Å². The first-order valence-corrected chi connectivity index (χ1v) is 8.87. The predicted molar refractivity (Wildman–Crippen MR) is 96.7 cm³/mol. The van der Waals surface area contributed by atoms with E-state index in [1.54, 1.807) is 19.0 Å². The molecule has 0 aliphatic carbocycles. The number of amides is 1. The molecule has 0 aromatic heterocycles. The van der Waals surface area contributed by atoms with Gasteiger partial charge in [-0.3, -0.25) is 4.79 Å². The first-order valence-electron chi connectivity index (χ1n) is 8.87. The zero-order valence-corrected chi connectivity index (χ0v) is 15.6. The molecule has 1 saturated heterocycles. The van der Waals surface area contributed by atoms with E-state index in [2.05, 4.69) is 34.4 Å². The molecule has 2 unspecified atom stereocenters. The zero-order chi connectivity index (χ0) is 17.2. The summed E-state index contributed by atoms with van der Waals surface area (Å²) in [6, 6.07) is 0. The van der Waals surface area contributed by atoms with Crippen molar-refractivity contribution in [2.75, 3.05) is 53.4 Å². The van der Waals surface area contributed by atoms with Crippen LogP contribution in [0.5, 0.6) is 0 Å². The molecule has 1 amide bonds. The Labute approximate surface area is 141 Å². The molecule has 1 fully saturated rings. The molecular formula is C17H35N5O. The van der Waals surface area contributed by atoms with E-state index in [9.17, 15) is 4.79 Å². The number of nitrogens with one attached hydrogen (secondary N) is 2. The summed E-state index contributed by atoms with van der Waals surface area (Å²) in [4.78, 5) is 20.1. The van der Waals surface area contributed by atoms with Crippen LogP contribution in [0, 0.1) is 11.8 Å². The van der Waals surface area contributed by atoms with E-state index in [1.807, 2.05) is 6.92 Å². The molecule has 23 heavy (non-hydrogen) atoms. The molecule has 0 aromatic rings.